The average molecular weight is 653 g/mol. The van der Waals surface area contributed by atoms with Gasteiger partial charge in [0, 0.05) is 12.8 Å². The van der Waals surface area contributed by atoms with E-state index in [2.05, 4.69) is 107 Å². The number of carbonyl (C=O) groups excluding carboxylic acids is 2. The molecule has 0 radical (unpaired) electrons. The fraction of sp³-hybridized carbons (Fsp3) is 0.400. The highest BCUT2D eigenvalue weighted by molar-refractivity contribution is 6.96. The molecule has 0 aliphatic heterocycles. The second-order valence-corrected chi connectivity index (χ2v) is 24.6. The van der Waals surface area contributed by atoms with Crippen molar-refractivity contribution in [2.45, 2.75) is 103 Å². The van der Waals surface area contributed by atoms with Crippen LogP contribution in [0.5, 0.6) is 0 Å². The van der Waals surface area contributed by atoms with Gasteiger partial charge < -0.3 is 9.47 Å². The molecule has 6 heteroatoms. The van der Waals surface area contributed by atoms with Crippen molar-refractivity contribution in [3.8, 4) is 0 Å². The molecular weight excluding hydrogens is 601 g/mol. The molecule has 0 bridgehead atoms. The van der Waals surface area contributed by atoms with Crippen LogP contribution in [0.2, 0.25) is 37.3 Å². The highest BCUT2D eigenvalue weighted by atomic mass is 28.3. The van der Waals surface area contributed by atoms with Crippen molar-refractivity contribution in [3.63, 3.8) is 0 Å². The monoisotopic (exact) mass is 652 g/mol. The van der Waals surface area contributed by atoms with Crippen LogP contribution in [0.15, 0.2) is 91.0 Å². The summed E-state index contributed by atoms with van der Waals surface area (Å²) in [5.74, 6) is -0.428. The summed E-state index contributed by atoms with van der Waals surface area (Å²) in [5.41, 5.74) is 2.70. The van der Waals surface area contributed by atoms with E-state index in [4.69, 9.17) is 9.47 Å². The second-order valence-electron chi connectivity index (χ2n) is 15.1. The molecule has 0 unspecified atom stereocenters. The number of benzene rings is 4. The molecule has 4 aromatic carbocycles. The van der Waals surface area contributed by atoms with E-state index in [1.54, 1.807) is 0 Å². The zero-order chi connectivity index (χ0) is 33.9. The molecule has 0 heterocycles. The molecule has 0 saturated carbocycles. The maximum absolute atomic E-state index is 14.1. The Morgan fingerprint density at radius 2 is 1.11 bits per heavy atom. The van der Waals surface area contributed by atoms with Crippen molar-refractivity contribution >= 4 is 49.2 Å². The lowest BCUT2D eigenvalue weighted by Gasteiger charge is -2.45. The molecule has 0 aliphatic carbocycles. The molecule has 0 N–H and O–H groups in total. The lowest BCUT2D eigenvalue weighted by Crippen LogP contribution is -2.56. The molecule has 244 valence electrons. The van der Waals surface area contributed by atoms with Crippen LogP contribution in [-0.2, 0) is 19.1 Å². The van der Waals surface area contributed by atoms with E-state index in [1.165, 1.54) is 21.5 Å². The van der Waals surface area contributed by atoms with Crippen molar-refractivity contribution in [2.24, 2.45) is 0 Å². The van der Waals surface area contributed by atoms with E-state index in [0.29, 0.717) is 0 Å². The minimum atomic E-state index is -2.38. The van der Waals surface area contributed by atoms with Gasteiger partial charge in [0.05, 0.1) is 16.1 Å². The average Bonchev–Trinajstić information content (AvgIpc) is 2.98. The van der Waals surface area contributed by atoms with Gasteiger partial charge in [0.15, 0.2) is 0 Å². The third-order valence-electron chi connectivity index (χ3n) is 9.69. The maximum Gasteiger partial charge on any atom is 0.306 e. The van der Waals surface area contributed by atoms with Crippen LogP contribution in [0.3, 0.4) is 0 Å². The van der Waals surface area contributed by atoms with Crippen LogP contribution in [0.25, 0.3) is 10.8 Å². The lowest BCUT2D eigenvalue weighted by molar-refractivity contribution is -0.155. The van der Waals surface area contributed by atoms with Crippen LogP contribution >= 0.6 is 0 Å². The van der Waals surface area contributed by atoms with Gasteiger partial charge in [0.25, 0.3) is 0 Å². The number of rotatable bonds is 11. The number of aryl methyl sites for hydroxylation is 2. The maximum atomic E-state index is 14.1. The Morgan fingerprint density at radius 1 is 0.652 bits per heavy atom. The van der Waals surface area contributed by atoms with Gasteiger partial charge in [-0.05, 0) is 69.0 Å². The van der Waals surface area contributed by atoms with E-state index in [9.17, 15) is 9.59 Å². The van der Waals surface area contributed by atoms with Crippen molar-refractivity contribution in [1.82, 2.24) is 0 Å². The molecule has 4 nitrogen and oxygen atoms in total. The zero-order valence-electron chi connectivity index (χ0n) is 29.4. The summed E-state index contributed by atoms with van der Waals surface area (Å²) < 4.78 is 12.2. The number of carbonyl (C=O) groups is 2. The third-order valence-corrected chi connectivity index (χ3v) is 18.6. The van der Waals surface area contributed by atoms with Crippen LogP contribution < -0.4 is 10.4 Å². The summed E-state index contributed by atoms with van der Waals surface area (Å²) in [4.78, 5) is 27.8. The van der Waals surface area contributed by atoms with Gasteiger partial charge in [-0.2, -0.15) is 0 Å². The summed E-state index contributed by atoms with van der Waals surface area (Å²) in [6.45, 7) is 21.3. The molecule has 0 aliphatic rings. The van der Waals surface area contributed by atoms with Crippen LogP contribution in [-0.4, -0.2) is 33.7 Å². The number of esters is 2. The van der Waals surface area contributed by atoms with Crippen LogP contribution in [0.1, 0.15) is 63.3 Å². The standard InChI is InChI=1S/C40H52O4Si2/c1-28-18-22-32(23-19-28)45(7,8)36(26-38(41)43-30(3)34-17-13-15-31-14-11-12-16-35(31)34)37(27-39(42)44-40(4,5)6)46(9,10)33-24-20-29(2)21-25-33/h11-25,30,36-37H,26-27H2,1-10H3/t30-,36-,37+/m1/s1. The first-order chi connectivity index (χ1) is 21.5. The SMILES string of the molecule is Cc1ccc([Si](C)(C)[C@H](CC(=O)O[C@H](C)c2cccc3ccccc23)[C@H](CC(=O)OC(C)(C)C)[Si](C)(C)c2ccc(C)cc2)cc1. The van der Waals surface area contributed by atoms with Gasteiger partial charge in [-0.1, -0.05) is 139 Å². The summed E-state index contributed by atoms with van der Waals surface area (Å²) in [6, 6.07) is 31.9. The van der Waals surface area contributed by atoms with Gasteiger partial charge in [-0.25, -0.2) is 0 Å². The summed E-state index contributed by atoms with van der Waals surface area (Å²) in [6.07, 6.45) is 0.108. The van der Waals surface area contributed by atoms with Crippen molar-refractivity contribution < 1.29 is 19.1 Å². The lowest BCUT2D eigenvalue weighted by atomic mass is 10.0. The summed E-state index contributed by atoms with van der Waals surface area (Å²) in [5, 5.41) is 4.77. The van der Waals surface area contributed by atoms with Crippen molar-refractivity contribution in [1.29, 1.82) is 0 Å². The van der Waals surface area contributed by atoms with Gasteiger partial charge in [0.1, 0.15) is 11.7 Å². The fourth-order valence-corrected chi connectivity index (χ4v) is 15.9. The number of hydrogen-bond acceptors (Lipinski definition) is 4. The number of ether oxygens (including phenoxy) is 2. The minimum absolute atomic E-state index is 0.0477. The van der Waals surface area contributed by atoms with Crippen LogP contribution in [0, 0.1) is 13.8 Å². The predicted octanol–water partition coefficient (Wildman–Crippen LogP) is 9.15. The van der Waals surface area contributed by atoms with Gasteiger partial charge in [0.2, 0.25) is 0 Å². The molecule has 0 aromatic heterocycles. The summed E-state index contributed by atoms with van der Waals surface area (Å²) >= 11 is 0. The summed E-state index contributed by atoms with van der Waals surface area (Å²) in [7, 11) is -4.75. The Balaban J connectivity index is 1.78. The largest absolute Gasteiger partial charge is 0.460 e. The highest BCUT2D eigenvalue weighted by Gasteiger charge is 2.49. The van der Waals surface area contributed by atoms with E-state index < -0.39 is 27.9 Å². The quantitative estimate of drug-likeness (QED) is 0.120. The number of hydrogen-bond donors (Lipinski definition) is 0. The molecular formula is C40H52O4Si2. The molecule has 46 heavy (non-hydrogen) atoms. The molecule has 3 atom stereocenters. The molecule has 0 amide bonds. The molecule has 0 spiro atoms. The Kier molecular flexibility index (Phi) is 10.8. The molecule has 0 saturated heterocycles. The number of fused-ring (bicyclic) bond motifs is 1. The third kappa shape index (κ3) is 8.45. The Morgan fingerprint density at radius 3 is 1.61 bits per heavy atom. The second kappa shape index (κ2) is 14.1. The Hall–Kier alpha value is -3.49. The predicted molar refractivity (Wildman–Crippen MR) is 198 cm³/mol. The molecule has 4 aromatic rings. The van der Waals surface area contributed by atoms with Gasteiger partial charge >= 0.3 is 11.9 Å². The van der Waals surface area contributed by atoms with Crippen molar-refractivity contribution in [2.75, 3.05) is 0 Å². The smallest absolute Gasteiger partial charge is 0.306 e. The minimum Gasteiger partial charge on any atom is -0.460 e. The van der Waals surface area contributed by atoms with Crippen LogP contribution in [0.4, 0.5) is 0 Å². The zero-order valence-corrected chi connectivity index (χ0v) is 31.4. The first-order valence-electron chi connectivity index (χ1n) is 16.5. The van der Waals surface area contributed by atoms with E-state index in [0.717, 1.165) is 16.3 Å². The van der Waals surface area contributed by atoms with E-state index in [1.807, 2.05) is 52.0 Å². The fourth-order valence-electron chi connectivity index (χ4n) is 6.85. The first-order valence-corrected chi connectivity index (χ1v) is 22.7. The Bertz CT molecular complexity index is 1640. The Labute approximate surface area is 278 Å². The first kappa shape index (κ1) is 35.4. The van der Waals surface area contributed by atoms with E-state index in [-0.39, 0.29) is 35.9 Å². The van der Waals surface area contributed by atoms with Gasteiger partial charge in [-0.3, -0.25) is 9.59 Å². The van der Waals surface area contributed by atoms with Gasteiger partial charge in [-0.15, -0.1) is 0 Å². The normalized spacial score (nSPS) is 14.4. The topological polar surface area (TPSA) is 52.6 Å². The molecule has 4 rings (SSSR count). The highest BCUT2D eigenvalue weighted by Crippen LogP contribution is 2.46. The van der Waals surface area contributed by atoms with E-state index >= 15 is 0 Å². The van der Waals surface area contributed by atoms with Crippen molar-refractivity contribution in [3.05, 3.63) is 108 Å². The molecule has 0 fully saturated rings.